The van der Waals surface area contributed by atoms with Crippen molar-refractivity contribution >= 4 is 29.2 Å². The number of nitrogens with zero attached hydrogens (tertiary/aromatic N) is 1. The zero-order valence-corrected chi connectivity index (χ0v) is 15.0. The van der Waals surface area contributed by atoms with Gasteiger partial charge in [-0.15, -0.1) is 0 Å². The van der Waals surface area contributed by atoms with Gasteiger partial charge in [-0.1, -0.05) is 11.6 Å². The molecule has 138 valence electrons. The first-order valence-electron chi connectivity index (χ1n) is 7.91. The fraction of sp³-hybridized carbons (Fsp3) is 0.278. The highest BCUT2D eigenvalue weighted by Crippen LogP contribution is 2.18. The molecule has 0 fully saturated rings. The summed E-state index contributed by atoms with van der Waals surface area (Å²) < 4.78 is 15.5. The number of amides is 1. The van der Waals surface area contributed by atoms with Crippen molar-refractivity contribution in [3.8, 4) is 11.5 Å². The average molecular weight is 379 g/mol. The van der Waals surface area contributed by atoms with Crippen LogP contribution in [0.4, 0.5) is 5.69 Å². The Bertz CT molecular complexity index is 737. The topological polar surface area (TPSA) is 86.8 Å². The molecule has 1 heterocycles. The Balaban J connectivity index is 1.61. The maximum absolute atomic E-state index is 11.7. The number of rotatable bonds is 9. The Morgan fingerprint density at radius 1 is 1.15 bits per heavy atom. The van der Waals surface area contributed by atoms with Gasteiger partial charge in [0.1, 0.15) is 11.5 Å². The molecule has 0 aliphatic heterocycles. The highest BCUT2D eigenvalue weighted by atomic mass is 35.5. The van der Waals surface area contributed by atoms with E-state index in [1.54, 1.807) is 43.5 Å². The van der Waals surface area contributed by atoms with E-state index in [0.717, 1.165) is 5.75 Å². The average Bonchev–Trinajstić information content (AvgIpc) is 2.66. The van der Waals surface area contributed by atoms with E-state index in [-0.39, 0.29) is 18.2 Å². The summed E-state index contributed by atoms with van der Waals surface area (Å²) >= 11 is 5.83. The normalized spacial score (nSPS) is 10.1. The lowest BCUT2D eigenvalue weighted by atomic mass is 10.3. The predicted octanol–water partition coefficient (Wildman–Crippen LogP) is 3.08. The third kappa shape index (κ3) is 6.60. The molecule has 1 aromatic heterocycles. The van der Waals surface area contributed by atoms with E-state index < -0.39 is 11.9 Å². The van der Waals surface area contributed by atoms with Crippen molar-refractivity contribution in [1.29, 1.82) is 0 Å². The number of esters is 1. The van der Waals surface area contributed by atoms with Gasteiger partial charge in [0.15, 0.2) is 11.8 Å². The third-order valence-electron chi connectivity index (χ3n) is 3.25. The first-order valence-corrected chi connectivity index (χ1v) is 8.29. The van der Waals surface area contributed by atoms with Crippen molar-refractivity contribution < 1.29 is 23.8 Å². The van der Waals surface area contributed by atoms with E-state index in [0.29, 0.717) is 24.5 Å². The third-order valence-corrected chi connectivity index (χ3v) is 3.55. The summed E-state index contributed by atoms with van der Waals surface area (Å²) in [4.78, 5) is 27.2. The molecular weight excluding hydrogens is 360 g/mol. The van der Waals surface area contributed by atoms with Gasteiger partial charge in [0.2, 0.25) is 0 Å². The Hall–Kier alpha value is -2.80. The zero-order valence-electron chi connectivity index (χ0n) is 14.2. The van der Waals surface area contributed by atoms with E-state index in [1.807, 2.05) is 0 Å². The van der Waals surface area contributed by atoms with E-state index >= 15 is 0 Å². The molecule has 0 atom stereocenters. The molecule has 0 aliphatic carbocycles. The molecule has 0 spiro atoms. The smallest absolute Gasteiger partial charge is 0.306 e. The summed E-state index contributed by atoms with van der Waals surface area (Å²) in [7, 11) is 1.59. The van der Waals surface area contributed by atoms with Crippen LogP contribution in [0.2, 0.25) is 5.15 Å². The largest absolute Gasteiger partial charge is 0.497 e. The Morgan fingerprint density at radius 3 is 2.58 bits per heavy atom. The number of carbonyl (C=O) groups is 2. The second-order valence-corrected chi connectivity index (χ2v) is 5.54. The van der Waals surface area contributed by atoms with Crippen LogP contribution in [0.3, 0.4) is 0 Å². The molecule has 2 aromatic rings. The maximum atomic E-state index is 11.7. The number of hydrogen-bond donors (Lipinski definition) is 1. The van der Waals surface area contributed by atoms with Crippen molar-refractivity contribution in [2.75, 3.05) is 25.6 Å². The van der Waals surface area contributed by atoms with Crippen LogP contribution in [0.15, 0.2) is 42.6 Å². The monoisotopic (exact) mass is 378 g/mol. The number of ether oxygens (including phenoxy) is 3. The molecule has 1 N–H and O–H groups in total. The van der Waals surface area contributed by atoms with E-state index in [9.17, 15) is 9.59 Å². The van der Waals surface area contributed by atoms with Crippen LogP contribution in [-0.4, -0.2) is 37.2 Å². The van der Waals surface area contributed by atoms with Gasteiger partial charge in [0, 0.05) is 12.6 Å². The van der Waals surface area contributed by atoms with Crippen LogP contribution in [0.5, 0.6) is 11.5 Å². The molecule has 0 unspecified atom stereocenters. The van der Waals surface area contributed by atoms with Gasteiger partial charge in [-0.25, -0.2) is 4.98 Å². The van der Waals surface area contributed by atoms with Crippen LogP contribution in [0, 0.1) is 0 Å². The Kier molecular flexibility index (Phi) is 7.70. The summed E-state index contributed by atoms with van der Waals surface area (Å²) in [5.74, 6) is 0.470. The highest BCUT2D eigenvalue weighted by Gasteiger charge is 2.10. The molecule has 8 heteroatoms. The Morgan fingerprint density at radius 2 is 1.88 bits per heavy atom. The molecule has 7 nitrogen and oxygen atoms in total. The number of hydrogen-bond acceptors (Lipinski definition) is 6. The number of nitrogens with one attached hydrogen (secondary N) is 1. The van der Waals surface area contributed by atoms with Gasteiger partial charge in [-0.2, -0.15) is 0 Å². The van der Waals surface area contributed by atoms with Gasteiger partial charge >= 0.3 is 5.97 Å². The molecule has 0 bridgehead atoms. The van der Waals surface area contributed by atoms with E-state index in [2.05, 4.69) is 10.3 Å². The summed E-state index contributed by atoms with van der Waals surface area (Å²) in [6.07, 6.45) is 2.13. The quantitative estimate of drug-likeness (QED) is 0.410. The lowest BCUT2D eigenvalue weighted by molar-refractivity contribution is -0.147. The molecule has 0 saturated heterocycles. The number of anilines is 1. The second-order valence-electron chi connectivity index (χ2n) is 5.18. The number of benzene rings is 1. The second kappa shape index (κ2) is 10.2. The maximum Gasteiger partial charge on any atom is 0.306 e. The molecule has 0 saturated carbocycles. The summed E-state index contributed by atoms with van der Waals surface area (Å²) in [5, 5.41) is 2.69. The number of carbonyl (C=O) groups excluding carboxylic acids is 2. The van der Waals surface area contributed by atoms with Crippen LogP contribution < -0.4 is 14.8 Å². The fourth-order valence-corrected chi connectivity index (χ4v) is 2.13. The van der Waals surface area contributed by atoms with Crippen molar-refractivity contribution in [2.24, 2.45) is 0 Å². The van der Waals surface area contributed by atoms with E-state index in [1.165, 1.54) is 6.20 Å². The molecule has 26 heavy (non-hydrogen) atoms. The minimum Gasteiger partial charge on any atom is -0.497 e. The molecule has 0 aliphatic rings. The SMILES string of the molecule is COc1ccc(OCCCC(=O)OCC(=O)Nc2cccnc2Cl)cc1. The summed E-state index contributed by atoms with van der Waals surface area (Å²) in [6, 6.07) is 10.4. The van der Waals surface area contributed by atoms with Crippen LogP contribution in [0.25, 0.3) is 0 Å². The first-order chi connectivity index (χ1) is 12.6. The predicted molar refractivity (Wildman–Crippen MR) is 96.6 cm³/mol. The minimum absolute atomic E-state index is 0.150. The van der Waals surface area contributed by atoms with Crippen LogP contribution >= 0.6 is 11.6 Å². The van der Waals surface area contributed by atoms with Crippen molar-refractivity contribution in [3.63, 3.8) is 0 Å². The van der Waals surface area contributed by atoms with Crippen LogP contribution in [-0.2, 0) is 14.3 Å². The standard InChI is InChI=1S/C18H19ClN2O5/c1-24-13-6-8-14(9-7-13)25-11-3-5-17(23)26-12-16(22)21-15-4-2-10-20-18(15)19/h2,4,6-10H,3,5,11-12H2,1H3,(H,21,22). The summed E-state index contributed by atoms with van der Waals surface area (Å²) in [5.41, 5.74) is 0.364. The van der Waals surface area contributed by atoms with Crippen molar-refractivity contribution in [2.45, 2.75) is 12.8 Å². The molecule has 0 radical (unpaired) electrons. The lowest BCUT2D eigenvalue weighted by Gasteiger charge is -2.08. The molecule has 2 rings (SSSR count). The molecule has 1 aromatic carbocycles. The summed E-state index contributed by atoms with van der Waals surface area (Å²) in [6.45, 7) is -0.0255. The number of methoxy groups -OCH3 is 1. The van der Waals surface area contributed by atoms with Gasteiger partial charge in [-0.3, -0.25) is 9.59 Å². The molecular formula is C18H19ClN2O5. The molecule has 1 amide bonds. The fourth-order valence-electron chi connectivity index (χ4n) is 1.96. The van der Waals surface area contributed by atoms with Crippen molar-refractivity contribution in [1.82, 2.24) is 4.98 Å². The van der Waals surface area contributed by atoms with Gasteiger partial charge in [0.25, 0.3) is 5.91 Å². The van der Waals surface area contributed by atoms with Crippen molar-refractivity contribution in [3.05, 3.63) is 47.7 Å². The lowest BCUT2D eigenvalue weighted by Crippen LogP contribution is -2.21. The number of halogens is 1. The Labute approximate surface area is 156 Å². The van der Waals surface area contributed by atoms with Gasteiger partial charge < -0.3 is 19.5 Å². The van der Waals surface area contributed by atoms with Gasteiger partial charge in [0.05, 0.1) is 19.4 Å². The van der Waals surface area contributed by atoms with Crippen LogP contribution in [0.1, 0.15) is 12.8 Å². The number of pyridine rings is 1. The van der Waals surface area contributed by atoms with E-state index in [4.69, 9.17) is 25.8 Å². The van der Waals surface area contributed by atoms with Gasteiger partial charge in [-0.05, 0) is 42.8 Å². The number of aromatic nitrogens is 1. The highest BCUT2D eigenvalue weighted by molar-refractivity contribution is 6.32. The zero-order chi connectivity index (χ0) is 18.8. The first kappa shape index (κ1) is 19.5. The minimum atomic E-state index is -0.484.